The Labute approximate surface area is 120 Å². The summed E-state index contributed by atoms with van der Waals surface area (Å²) < 4.78 is 0. The van der Waals surface area contributed by atoms with Crippen LogP contribution in [0.4, 0.5) is 0 Å². The van der Waals surface area contributed by atoms with Crippen molar-refractivity contribution in [1.29, 1.82) is 0 Å². The van der Waals surface area contributed by atoms with Crippen molar-refractivity contribution in [2.45, 2.75) is 32.7 Å². The molecular weight excluding hydrogens is 264 g/mol. The maximum Gasteiger partial charge on any atom is 0.104 e. The molecule has 0 aliphatic rings. The topological polar surface area (TPSA) is 29.3 Å². The van der Waals surface area contributed by atoms with E-state index in [0.717, 1.165) is 29.2 Å². The minimum atomic E-state index is 0.389. The molecule has 0 amide bonds. The van der Waals surface area contributed by atoms with Crippen LogP contribution >= 0.6 is 23.8 Å². The molecule has 0 aliphatic heterocycles. The highest BCUT2D eigenvalue weighted by Gasteiger charge is 2.06. The number of hydrogen-bond donors (Lipinski definition) is 1. The highest BCUT2D eigenvalue weighted by Crippen LogP contribution is 2.19. The van der Waals surface area contributed by atoms with E-state index in [1.165, 1.54) is 19.3 Å². The van der Waals surface area contributed by atoms with Gasteiger partial charge in [-0.1, -0.05) is 55.7 Å². The minimum Gasteiger partial charge on any atom is -0.389 e. The molecule has 0 unspecified atom stereocenters. The van der Waals surface area contributed by atoms with Crippen LogP contribution in [0.3, 0.4) is 0 Å². The molecule has 2 N–H and O–H groups in total. The van der Waals surface area contributed by atoms with E-state index in [2.05, 4.69) is 18.9 Å². The number of hydrogen-bond acceptors (Lipinski definition) is 2. The summed E-state index contributed by atoms with van der Waals surface area (Å²) in [4.78, 5) is 2.68. The number of benzene rings is 1. The predicted molar refractivity (Wildman–Crippen MR) is 83.2 cm³/mol. The van der Waals surface area contributed by atoms with Gasteiger partial charge in [-0.05, 0) is 31.6 Å². The molecule has 0 heterocycles. The van der Waals surface area contributed by atoms with Gasteiger partial charge in [0.05, 0.1) is 0 Å². The van der Waals surface area contributed by atoms with E-state index in [1.54, 1.807) is 0 Å². The number of halogens is 1. The van der Waals surface area contributed by atoms with Crippen molar-refractivity contribution < 1.29 is 0 Å². The van der Waals surface area contributed by atoms with Crippen molar-refractivity contribution >= 4 is 28.8 Å². The molecule has 0 spiro atoms. The van der Waals surface area contributed by atoms with Gasteiger partial charge in [0, 0.05) is 17.1 Å². The average Bonchev–Trinajstić information content (AvgIpc) is 2.32. The summed E-state index contributed by atoms with van der Waals surface area (Å²) in [6, 6.07) is 5.79. The monoisotopic (exact) mass is 284 g/mol. The lowest BCUT2D eigenvalue weighted by atomic mass is 10.1. The second-order valence-corrected chi connectivity index (χ2v) is 5.46. The summed E-state index contributed by atoms with van der Waals surface area (Å²) in [7, 11) is 2.12. The maximum absolute atomic E-state index is 6.24. The molecule has 0 bridgehead atoms. The Hall–Kier alpha value is -0.640. The zero-order chi connectivity index (χ0) is 13.5. The molecule has 0 saturated heterocycles. The molecule has 1 aromatic carbocycles. The molecule has 4 heteroatoms. The fourth-order valence-electron chi connectivity index (χ4n) is 1.83. The van der Waals surface area contributed by atoms with Gasteiger partial charge in [-0.25, -0.2) is 0 Å². The molecule has 18 heavy (non-hydrogen) atoms. The van der Waals surface area contributed by atoms with E-state index < -0.39 is 0 Å². The van der Waals surface area contributed by atoms with Crippen LogP contribution in [0.2, 0.25) is 5.02 Å². The fraction of sp³-hybridized carbons (Fsp3) is 0.500. The molecule has 2 nitrogen and oxygen atoms in total. The van der Waals surface area contributed by atoms with Gasteiger partial charge in [-0.2, -0.15) is 0 Å². The van der Waals surface area contributed by atoms with Crippen LogP contribution in [0.25, 0.3) is 0 Å². The molecule has 0 atom stereocenters. The lowest BCUT2D eigenvalue weighted by Gasteiger charge is -2.17. The Balaban J connectivity index is 2.59. The molecular formula is C14H21ClN2S. The number of nitrogens with two attached hydrogens (primary N) is 1. The third-order valence-corrected chi connectivity index (χ3v) is 3.51. The third-order valence-electron chi connectivity index (χ3n) is 2.92. The smallest absolute Gasteiger partial charge is 0.104 e. The summed E-state index contributed by atoms with van der Waals surface area (Å²) in [5.74, 6) is 0. The number of nitrogens with zero attached hydrogens (tertiary/aromatic N) is 1. The van der Waals surface area contributed by atoms with Crippen molar-refractivity contribution in [3.05, 3.63) is 34.3 Å². The molecule has 0 fully saturated rings. The van der Waals surface area contributed by atoms with E-state index in [4.69, 9.17) is 29.6 Å². The van der Waals surface area contributed by atoms with E-state index >= 15 is 0 Å². The van der Waals surface area contributed by atoms with Gasteiger partial charge in [0.1, 0.15) is 4.99 Å². The van der Waals surface area contributed by atoms with Crippen LogP contribution in [-0.4, -0.2) is 23.5 Å². The largest absolute Gasteiger partial charge is 0.389 e. The zero-order valence-electron chi connectivity index (χ0n) is 11.1. The van der Waals surface area contributed by atoms with Crippen LogP contribution < -0.4 is 5.73 Å². The number of thiocarbonyl (C=S) groups is 1. The predicted octanol–water partition coefficient (Wildman–Crippen LogP) is 3.60. The van der Waals surface area contributed by atoms with Gasteiger partial charge < -0.3 is 10.6 Å². The number of rotatable bonds is 7. The lowest BCUT2D eigenvalue weighted by molar-refractivity contribution is 0.318. The van der Waals surface area contributed by atoms with E-state index in [1.807, 2.05) is 18.2 Å². The molecule has 1 rings (SSSR count). The first-order valence-corrected chi connectivity index (χ1v) is 7.10. The summed E-state index contributed by atoms with van der Waals surface area (Å²) in [6.45, 7) is 4.17. The summed E-state index contributed by atoms with van der Waals surface area (Å²) in [5, 5.41) is 0.739. The quantitative estimate of drug-likeness (QED) is 0.613. The first-order chi connectivity index (χ1) is 8.54. The van der Waals surface area contributed by atoms with Crippen LogP contribution in [0.5, 0.6) is 0 Å². The van der Waals surface area contributed by atoms with Gasteiger partial charge >= 0.3 is 0 Å². The van der Waals surface area contributed by atoms with E-state index in [-0.39, 0.29) is 0 Å². The van der Waals surface area contributed by atoms with Gasteiger partial charge in [0.25, 0.3) is 0 Å². The summed E-state index contributed by atoms with van der Waals surface area (Å²) in [6.07, 6.45) is 3.76. The summed E-state index contributed by atoms with van der Waals surface area (Å²) >= 11 is 11.2. The first kappa shape index (κ1) is 15.4. The van der Waals surface area contributed by atoms with Crippen LogP contribution in [0.15, 0.2) is 18.2 Å². The van der Waals surface area contributed by atoms with Crippen LogP contribution in [0, 0.1) is 0 Å². The Morgan fingerprint density at radius 2 is 2.11 bits per heavy atom. The van der Waals surface area contributed by atoms with Crippen molar-refractivity contribution in [3.63, 3.8) is 0 Å². The molecule has 0 radical (unpaired) electrons. The standard InChI is InChI=1S/C14H21ClN2S/c1-3-4-5-8-17(2)10-12-7-6-11(14(16)18)9-13(12)15/h6-7,9H,3-5,8,10H2,1-2H3,(H2,16,18). The van der Waals surface area contributed by atoms with Crippen molar-refractivity contribution in [2.24, 2.45) is 5.73 Å². The molecule has 0 saturated carbocycles. The van der Waals surface area contributed by atoms with Crippen molar-refractivity contribution in [1.82, 2.24) is 4.90 Å². The van der Waals surface area contributed by atoms with Crippen molar-refractivity contribution in [3.8, 4) is 0 Å². The van der Waals surface area contributed by atoms with Gasteiger partial charge in [-0.15, -0.1) is 0 Å². The lowest BCUT2D eigenvalue weighted by Crippen LogP contribution is -2.19. The van der Waals surface area contributed by atoms with Gasteiger partial charge in [0.2, 0.25) is 0 Å². The first-order valence-electron chi connectivity index (χ1n) is 6.31. The van der Waals surface area contributed by atoms with Crippen molar-refractivity contribution in [2.75, 3.05) is 13.6 Å². The fourth-order valence-corrected chi connectivity index (χ4v) is 2.20. The SMILES string of the molecule is CCCCCN(C)Cc1ccc(C(N)=S)cc1Cl. The highest BCUT2D eigenvalue weighted by atomic mass is 35.5. The minimum absolute atomic E-state index is 0.389. The molecule has 0 aromatic heterocycles. The van der Waals surface area contributed by atoms with E-state index in [9.17, 15) is 0 Å². The zero-order valence-corrected chi connectivity index (χ0v) is 12.7. The second kappa shape index (κ2) is 7.72. The van der Waals surface area contributed by atoms with Crippen LogP contribution in [0.1, 0.15) is 37.3 Å². The second-order valence-electron chi connectivity index (χ2n) is 4.62. The van der Waals surface area contributed by atoms with Gasteiger partial charge in [-0.3, -0.25) is 0 Å². The molecule has 0 aliphatic carbocycles. The Morgan fingerprint density at radius 1 is 1.39 bits per heavy atom. The Bertz CT molecular complexity index is 407. The number of unbranched alkanes of at least 4 members (excludes halogenated alkanes) is 2. The van der Waals surface area contributed by atoms with Crippen LogP contribution in [-0.2, 0) is 6.54 Å². The summed E-state index contributed by atoms with van der Waals surface area (Å²) in [5.41, 5.74) is 7.52. The average molecular weight is 285 g/mol. The highest BCUT2D eigenvalue weighted by molar-refractivity contribution is 7.80. The molecule has 100 valence electrons. The maximum atomic E-state index is 6.24. The third kappa shape index (κ3) is 4.92. The Morgan fingerprint density at radius 3 is 2.67 bits per heavy atom. The molecule has 1 aromatic rings. The normalized spacial score (nSPS) is 10.9. The Kier molecular flexibility index (Phi) is 6.61. The van der Waals surface area contributed by atoms with Gasteiger partial charge in [0.15, 0.2) is 0 Å². The van der Waals surface area contributed by atoms with E-state index in [0.29, 0.717) is 4.99 Å².